The molecule has 0 unspecified atom stereocenters. The van der Waals surface area contributed by atoms with Gasteiger partial charge in [-0.3, -0.25) is 0 Å². The first-order valence-corrected chi connectivity index (χ1v) is 7.60. The zero-order chi connectivity index (χ0) is 15.6. The Hall–Kier alpha value is -0.810. The highest BCUT2D eigenvalue weighted by Gasteiger charge is 2.50. The molecule has 1 aliphatic heterocycles. The molecule has 1 saturated heterocycles. The average molecular weight is 333 g/mol. The molecule has 0 N–H and O–H groups in total. The van der Waals surface area contributed by atoms with Crippen LogP contribution in [0.1, 0.15) is 38.4 Å². The molecule has 116 valence electrons. The fraction of sp³-hybridized carbons (Fsp3) is 0.533. The van der Waals surface area contributed by atoms with E-state index in [1.807, 2.05) is 13.8 Å². The zero-order valence-electron chi connectivity index (χ0n) is 12.2. The van der Waals surface area contributed by atoms with Crippen LogP contribution < -0.4 is 0 Å². The maximum Gasteiger partial charge on any atom is 0.338 e. The van der Waals surface area contributed by atoms with Crippen molar-refractivity contribution in [1.29, 1.82) is 0 Å². The summed E-state index contributed by atoms with van der Waals surface area (Å²) in [5.74, 6) is -1.28. The Kier molecular flexibility index (Phi) is 5.15. The number of hydrogen-bond donors (Lipinski definition) is 0. The van der Waals surface area contributed by atoms with Crippen LogP contribution in [0.3, 0.4) is 0 Å². The van der Waals surface area contributed by atoms with Crippen molar-refractivity contribution in [2.24, 2.45) is 0 Å². The summed E-state index contributed by atoms with van der Waals surface area (Å²) in [6, 6.07) is 5.07. The molecule has 2 atom stereocenters. The second-order valence-corrected chi connectivity index (χ2v) is 5.73. The summed E-state index contributed by atoms with van der Waals surface area (Å²) in [5, 5.41) is 0.961. The molecule has 21 heavy (non-hydrogen) atoms. The van der Waals surface area contributed by atoms with Crippen molar-refractivity contribution in [2.75, 3.05) is 7.11 Å². The lowest BCUT2D eigenvalue weighted by Gasteiger charge is -2.25. The molecule has 6 heteroatoms. The van der Waals surface area contributed by atoms with Crippen molar-refractivity contribution in [3.63, 3.8) is 0 Å². The van der Waals surface area contributed by atoms with Gasteiger partial charge >= 0.3 is 5.97 Å². The second-order valence-electron chi connectivity index (χ2n) is 4.88. The number of carbonyl (C=O) groups is 1. The van der Waals surface area contributed by atoms with Crippen molar-refractivity contribution in [3.05, 3.63) is 33.8 Å². The molecule has 2 rings (SSSR count). The highest BCUT2D eigenvalue weighted by atomic mass is 35.5. The van der Waals surface area contributed by atoms with E-state index in [1.54, 1.807) is 18.2 Å². The molecule has 1 aromatic rings. The van der Waals surface area contributed by atoms with E-state index in [4.69, 9.17) is 37.4 Å². The Bertz CT molecular complexity index is 528. The Morgan fingerprint density at radius 1 is 1.29 bits per heavy atom. The van der Waals surface area contributed by atoms with Gasteiger partial charge in [0.25, 0.3) is 0 Å². The molecule has 0 spiro atoms. The van der Waals surface area contributed by atoms with E-state index in [9.17, 15) is 4.79 Å². The van der Waals surface area contributed by atoms with Crippen LogP contribution >= 0.6 is 23.2 Å². The summed E-state index contributed by atoms with van der Waals surface area (Å²) in [5.41, 5.74) is 0.667. The van der Waals surface area contributed by atoms with Crippen LogP contribution in [-0.4, -0.2) is 25.0 Å². The number of rotatable bonds is 4. The third-order valence-corrected chi connectivity index (χ3v) is 4.30. The van der Waals surface area contributed by atoms with Gasteiger partial charge in [0.1, 0.15) is 6.10 Å². The van der Waals surface area contributed by atoms with E-state index >= 15 is 0 Å². The Balaban J connectivity index is 2.40. The van der Waals surface area contributed by atoms with Crippen molar-refractivity contribution >= 4 is 29.2 Å². The van der Waals surface area contributed by atoms with E-state index in [1.165, 1.54) is 7.11 Å². The van der Waals surface area contributed by atoms with Gasteiger partial charge in [0.05, 0.1) is 7.11 Å². The van der Waals surface area contributed by atoms with Gasteiger partial charge in [-0.1, -0.05) is 43.1 Å². The van der Waals surface area contributed by atoms with Crippen LogP contribution in [-0.2, 0) is 19.0 Å². The summed E-state index contributed by atoms with van der Waals surface area (Å²) in [6.45, 7) is 3.90. The summed E-state index contributed by atoms with van der Waals surface area (Å²) < 4.78 is 16.7. The quantitative estimate of drug-likeness (QED) is 0.777. The lowest BCUT2D eigenvalue weighted by molar-refractivity contribution is -0.187. The summed E-state index contributed by atoms with van der Waals surface area (Å²) in [7, 11) is 1.32. The number of esters is 1. The molecule has 0 aromatic heterocycles. The van der Waals surface area contributed by atoms with Crippen molar-refractivity contribution in [3.8, 4) is 0 Å². The average Bonchev–Trinajstić information content (AvgIpc) is 2.87. The van der Waals surface area contributed by atoms with E-state index in [0.29, 0.717) is 28.5 Å². The SMILES string of the molecule is CCC1(CC)O[C@H](c2ccc(Cl)cc2Cl)[C@H](C(=O)OC)O1. The van der Waals surface area contributed by atoms with Crippen LogP contribution in [0.4, 0.5) is 0 Å². The monoisotopic (exact) mass is 332 g/mol. The molecule has 1 heterocycles. The molecule has 0 bridgehead atoms. The van der Waals surface area contributed by atoms with Gasteiger partial charge in [-0.25, -0.2) is 4.79 Å². The van der Waals surface area contributed by atoms with E-state index < -0.39 is 24.0 Å². The summed E-state index contributed by atoms with van der Waals surface area (Å²) >= 11 is 12.1. The summed E-state index contributed by atoms with van der Waals surface area (Å²) in [4.78, 5) is 12.0. The number of methoxy groups -OCH3 is 1. The standard InChI is InChI=1S/C15H18Cl2O4/c1-4-15(5-2)20-12(13(21-15)14(18)19-3)10-7-6-9(16)8-11(10)17/h6-8,12-13H,4-5H2,1-3H3/t12-,13-/m1/s1. The van der Waals surface area contributed by atoms with Crippen LogP contribution in [0.2, 0.25) is 10.0 Å². The fourth-order valence-corrected chi connectivity index (χ4v) is 2.96. The fourth-order valence-electron chi connectivity index (χ4n) is 2.44. The van der Waals surface area contributed by atoms with Gasteiger partial charge in [-0.05, 0) is 25.0 Å². The molecule has 0 aliphatic carbocycles. The maximum atomic E-state index is 12.0. The molecule has 1 aromatic carbocycles. The van der Waals surface area contributed by atoms with Gasteiger partial charge in [0, 0.05) is 15.6 Å². The molecular formula is C15H18Cl2O4. The zero-order valence-corrected chi connectivity index (χ0v) is 13.7. The van der Waals surface area contributed by atoms with Crippen molar-refractivity contribution in [2.45, 2.75) is 44.7 Å². The van der Waals surface area contributed by atoms with Crippen LogP contribution in [0.5, 0.6) is 0 Å². The number of halogens is 2. The molecule has 0 radical (unpaired) electrons. The Morgan fingerprint density at radius 3 is 2.48 bits per heavy atom. The predicted octanol–water partition coefficient (Wildman–Crippen LogP) is 4.14. The summed E-state index contributed by atoms with van der Waals surface area (Å²) in [6.07, 6.45) is -0.201. The maximum absolute atomic E-state index is 12.0. The molecule has 0 amide bonds. The van der Waals surface area contributed by atoms with E-state index in [0.717, 1.165) is 0 Å². The Morgan fingerprint density at radius 2 is 1.95 bits per heavy atom. The van der Waals surface area contributed by atoms with Gasteiger partial charge in [0.15, 0.2) is 11.9 Å². The number of ether oxygens (including phenoxy) is 3. The van der Waals surface area contributed by atoms with Crippen LogP contribution in [0.25, 0.3) is 0 Å². The lowest BCUT2D eigenvalue weighted by atomic mass is 10.0. The van der Waals surface area contributed by atoms with Crippen LogP contribution in [0.15, 0.2) is 18.2 Å². The second kappa shape index (κ2) is 6.53. The van der Waals surface area contributed by atoms with Gasteiger partial charge < -0.3 is 14.2 Å². The third-order valence-electron chi connectivity index (χ3n) is 3.74. The number of carbonyl (C=O) groups excluding carboxylic acids is 1. The molecule has 1 aliphatic rings. The van der Waals surface area contributed by atoms with Gasteiger partial charge in [-0.15, -0.1) is 0 Å². The lowest BCUT2D eigenvalue weighted by Crippen LogP contribution is -2.32. The third kappa shape index (κ3) is 3.19. The minimum Gasteiger partial charge on any atom is -0.467 e. The van der Waals surface area contributed by atoms with Crippen molar-refractivity contribution in [1.82, 2.24) is 0 Å². The largest absolute Gasteiger partial charge is 0.467 e. The minimum atomic E-state index is -0.839. The molecule has 0 saturated carbocycles. The first-order valence-electron chi connectivity index (χ1n) is 6.84. The highest BCUT2D eigenvalue weighted by molar-refractivity contribution is 6.35. The smallest absolute Gasteiger partial charge is 0.338 e. The number of benzene rings is 1. The topological polar surface area (TPSA) is 44.8 Å². The first kappa shape index (κ1) is 16.6. The van der Waals surface area contributed by atoms with Crippen LogP contribution in [0, 0.1) is 0 Å². The van der Waals surface area contributed by atoms with E-state index in [2.05, 4.69) is 0 Å². The van der Waals surface area contributed by atoms with Crippen molar-refractivity contribution < 1.29 is 19.0 Å². The first-order chi connectivity index (χ1) is 9.96. The van der Waals surface area contributed by atoms with Gasteiger partial charge in [-0.2, -0.15) is 0 Å². The normalized spacial score (nSPS) is 24.0. The number of hydrogen-bond acceptors (Lipinski definition) is 4. The minimum absolute atomic E-state index is 0.438. The van der Waals surface area contributed by atoms with Gasteiger partial charge in [0.2, 0.25) is 0 Å². The molecule has 4 nitrogen and oxygen atoms in total. The molecule has 1 fully saturated rings. The molecular weight excluding hydrogens is 315 g/mol. The Labute approximate surface area is 134 Å². The van der Waals surface area contributed by atoms with E-state index in [-0.39, 0.29) is 0 Å². The predicted molar refractivity (Wildman–Crippen MR) is 80.5 cm³/mol. The highest BCUT2D eigenvalue weighted by Crippen LogP contribution is 2.44.